The molecule has 1 aromatic rings. The summed E-state index contributed by atoms with van der Waals surface area (Å²) in [4.78, 5) is 28.0. The van der Waals surface area contributed by atoms with Gasteiger partial charge in [0.2, 0.25) is 0 Å². The second-order valence-corrected chi connectivity index (χ2v) is 7.37. The highest BCUT2D eigenvalue weighted by molar-refractivity contribution is 6.06. The number of amides is 3. The lowest BCUT2D eigenvalue weighted by atomic mass is 9.80. The van der Waals surface area contributed by atoms with Crippen LogP contribution in [0.15, 0.2) is 24.3 Å². The molecule has 2 heterocycles. The smallest absolute Gasteiger partial charge is 0.323 e. The predicted molar refractivity (Wildman–Crippen MR) is 93.8 cm³/mol. The molecule has 3 rings (SSSR count). The van der Waals surface area contributed by atoms with Crippen molar-refractivity contribution in [3.63, 3.8) is 0 Å². The van der Waals surface area contributed by atoms with E-state index in [1.54, 1.807) is 7.05 Å². The van der Waals surface area contributed by atoms with Crippen LogP contribution in [-0.4, -0.2) is 54.0 Å². The number of piperidine rings is 1. The van der Waals surface area contributed by atoms with Gasteiger partial charge in [-0.2, -0.15) is 0 Å². The molecule has 2 aliphatic rings. The van der Waals surface area contributed by atoms with Crippen molar-refractivity contribution in [2.75, 3.05) is 26.7 Å². The van der Waals surface area contributed by atoms with E-state index in [9.17, 15) is 9.59 Å². The first-order chi connectivity index (χ1) is 11.4. The van der Waals surface area contributed by atoms with E-state index in [2.05, 4.69) is 41.4 Å². The molecule has 3 amide bonds. The fraction of sp³-hybridized carbons (Fsp3) is 0.579. The number of nitrogens with one attached hydrogen (secondary N) is 1. The number of aryl methyl sites for hydroxylation is 1. The van der Waals surface area contributed by atoms with E-state index in [4.69, 9.17) is 0 Å². The van der Waals surface area contributed by atoms with Gasteiger partial charge in [-0.05, 0) is 45.2 Å². The topological polar surface area (TPSA) is 52.7 Å². The van der Waals surface area contributed by atoms with E-state index in [0.717, 1.165) is 38.9 Å². The summed E-state index contributed by atoms with van der Waals surface area (Å²) in [6.07, 6.45) is 3.07. The number of urea groups is 1. The summed E-state index contributed by atoms with van der Waals surface area (Å²) in [7, 11) is 1.56. The normalized spacial score (nSPS) is 28.3. The maximum Gasteiger partial charge on any atom is 0.324 e. The SMILES string of the molecule is Cc1ccc(CCN2CCCC(C3(C)NC(=O)N(C)C3=O)C2)cc1. The second-order valence-electron chi connectivity index (χ2n) is 7.37. The van der Waals surface area contributed by atoms with E-state index in [1.165, 1.54) is 16.0 Å². The van der Waals surface area contributed by atoms with Gasteiger partial charge in [0.1, 0.15) is 5.54 Å². The molecule has 2 fully saturated rings. The Morgan fingerprint density at radius 2 is 1.96 bits per heavy atom. The van der Waals surface area contributed by atoms with E-state index in [1.807, 2.05) is 6.92 Å². The van der Waals surface area contributed by atoms with Crippen molar-refractivity contribution in [2.45, 2.75) is 38.6 Å². The zero-order valence-corrected chi connectivity index (χ0v) is 14.8. The molecule has 0 bridgehead atoms. The quantitative estimate of drug-likeness (QED) is 0.862. The molecule has 5 heteroatoms. The Hall–Kier alpha value is -1.88. The Morgan fingerprint density at radius 1 is 1.25 bits per heavy atom. The third kappa shape index (κ3) is 3.18. The van der Waals surface area contributed by atoms with Crippen molar-refractivity contribution in [1.82, 2.24) is 15.1 Å². The Kier molecular flexibility index (Phi) is 4.63. The molecule has 5 nitrogen and oxygen atoms in total. The number of hydrogen-bond donors (Lipinski definition) is 1. The van der Waals surface area contributed by atoms with Crippen molar-refractivity contribution in [3.8, 4) is 0 Å². The summed E-state index contributed by atoms with van der Waals surface area (Å²) >= 11 is 0. The van der Waals surface area contributed by atoms with Crippen molar-refractivity contribution in [2.24, 2.45) is 5.92 Å². The van der Waals surface area contributed by atoms with Gasteiger partial charge in [0.05, 0.1) is 0 Å². The molecule has 2 atom stereocenters. The zero-order chi connectivity index (χ0) is 17.3. The first-order valence-electron chi connectivity index (χ1n) is 8.78. The summed E-state index contributed by atoms with van der Waals surface area (Å²) in [6.45, 7) is 6.90. The fourth-order valence-electron chi connectivity index (χ4n) is 3.85. The summed E-state index contributed by atoms with van der Waals surface area (Å²) in [6, 6.07) is 8.40. The molecule has 1 aromatic carbocycles. The van der Waals surface area contributed by atoms with E-state index in [-0.39, 0.29) is 17.9 Å². The van der Waals surface area contributed by atoms with Crippen LogP contribution in [-0.2, 0) is 11.2 Å². The van der Waals surface area contributed by atoms with Crippen LogP contribution in [0.2, 0.25) is 0 Å². The van der Waals surface area contributed by atoms with Crippen LogP contribution in [0.5, 0.6) is 0 Å². The number of benzene rings is 1. The van der Waals surface area contributed by atoms with Gasteiger partial charge < -0.3 is 10.2 Å². The highest BCUT2D eigenvalue weighted by Crippen LogP contribution is 2.32. The molecule has 0 radical (unpaired) electrons. The number of likely N-dealkylation sites (tertiary alicyclic amines) is 1. The van der Waals surface area contributed by atoms with Crippen LogP contribution in [0.3, 0.4) is 0 Å². The van der Waals surface area contributed by atoms with Crippen LogP contribution < -0.4 is 5.32 Å². The molecular formula is C19H27N3O2. The van der Waals surface area contributed by atoms with Gasteiger partial charge in [0.25, 0.3) is 5.91 Å². The van der Waals surface area contributed by atoms with Gasteiger partial charge in [0.15, 0.2) is 0 Å². The minimum Gasteiger partial charge on any atom is -0.323 e. The minimum atomic E-state index is -0.756. The fourth-order valence-corrected chi connectivity index (χ4v) is 3.85. The monoisotopic (exact) mass is 329 g/mol. The van der Waals surface area contributed by atoms with Gasteiger partial charge in [-0.1, -0.05) is 29.8 Å². The molecule has 0 aliphatic carbocycles. The van der Waals surface area contributed by atoms with Gasteiger partial charge in [-0.15, -0.1) is 0 Å². The van der Waals surface area contributed by atoms with E-state index in [0.29, 0.717) is 0 Å². The van der Waals surface area contributed by atoms with Crippen molar-refractivity contribution >= 4 is 11.9 Å². The number of rotatable bonds is 4. The Morgan fingerprint density at radius 3 is 2.58 bits per heavy atom. The number of likely N-dealkylation sites (N-methyl/N-ethyl adjacent to an activating group) is 1. The molecule has 2 aliphatic heterocycles. The maximum absolute atomic E-state index is 12.5. The van der Waals surface area contributed by atoms with Crippen LogP contribution in [0.1, 0.15) is 30.9 Å². The first-order valence-corrected chi connectivity index (χ1v) is 8.78. The lowest BCUT2D eigenvalue weighted by molar-refractivity contribution is -0.132. The average Bonchev–Trinajstić information content (AvgIpc) is 2.79. The molecule has 130 valence electrons. The van der Waals surface area contributed by atoms with E-state index >= 15 is 0 Å². The van der Waals surface area contributed by atoms with Gasteiger partial charge in [-0.25, -0.2) is 4.79 Å². The predicted octanol–water partition coefficient (Wildman–Crippen LogP) is 2.19. The molecule has 0 saturated carbocycles. The standard InChI is InChI=1S/C19H27N3O2/c1-14-6-8-15(9-7-14)10-12-22-11-4-5-16(13-22)19(2)17(23)21(3)18(24)20-19/h6-9,16H,4-5,10-13H2,1-3H3,(H,20,24). The number of nitrogens with zero attached hydrogens (tertiary/aromatic N) is 2. The molecule has 2 saturated heterocycles. The van der Waals surface area contributed by atoms with Crippen LogP contribution in [0, 0.1) is 12.8 Å². The molecule has 0 aromatic heterocycles. The summed E-state index contributed by atoms with van der Waals surface area (Å²) in [5.41, 5.74) is 1.87. The van der Waals surface area contributed by atoms with Crippen molar-refractivity contribution in [3.05, 3.63) is 35.4 Å². The number of carbonyl (C=O) groups is 2. The minimum absolute atomic E-state index is 0.0992. The summed E-state index contributed by atoms with van der Waals surface area (Å²) < 4.78 is 0. The molecule has 0 spiro atoms. The van der Waals surface area contributed by atoms with Crippen LogP contribution in [0.25, 0.3) is 0 Å². The van der Waals surface area contributed by atoms with Gasteiger partial charge in [0, 0.05) is 26.1 Å². The highest BCUT2D eigenvalue weighted by atomic mass is 16.2. The number of carbonyl (C=O) groups excluding carboxylic acids is 2. The summed E-state index contributed by atoms with van der Waals surface area (Å²) in [5, 5.41) is 2.91. The molecular weight excluding hydrogens is 302 g/mol. The Labute approximate surface area is 144 Å². The third-order valence-electron chi connectivity index (χ3n) is 5.58. The first kappa shape index (κ1) is 17.0. The Balaban J connectivity index is 1.61. The highest BCUT2D eigenvalue weighted by Gasteiger charge is 2.51. The van der Waals surface area contributed by atoms with Gasteiger partial charge in [-0.3, -0.25) is 9.69 Å². The van der Waals surface area contributed by atoms with E-state index < -0.39 is 5.54 Å². The van der Waals surface area contributed by atoms with Gasteiger partial charge >= 0.3 is 6.03 Å². The average molecular weight is 329 g/mol. The second kappa shape index (κ2) is 6.55. The van der Waals surface area contributed by atoms with Crippen molar-refractivity contribution < 1.29 is 9.59 Å². The molecule has 24 heavy (non-hydrogen) atoms. The maximum atomic E-state index is 12.5. The molecule has 2 unspecified atom stereocenters. The van der Waals surface area contributed by atoms with Crippen LogP contribution in [0.4, 0.5) is 4.79 Å². The lowest BCUT2D eigenvalue weighted by Gasteiger charge is -2.39. The number of hydrogen-bond acceptors (Lipinski definition) is 3. The number of imide groups is 1. The lowest BCUT2D eigenvalue weighted by Crippen LogP contribution is -2.55. The van der Waals surface area contributed by atoms with Crippen molar-refractivity contribution in [1.29, 1.82) is 0 Å². The third-order valence-corrected chi connectivity index (χ3v) is 5.58. The Bertz CT molecular complexity index is 628. The largest absolute Gasteiger partial charge is 0.324 e. The van der Waals surface area contributed by atoms with Crippen LogP contribution >= 0.6 is 0 Å². The summed E-state index contributed by atoms with van der Waals surface area (Å²) in [5.74, 6) is 0.0727. The molecule has 1 N–H and O–H groups in total. The zero-order valence-electron chi connectivity index (χ0n) is 14.8.